The molecule has 0 bridgehead atoms. The molecule has 4 heteroatoms. The Labute approximate surface area is 176 Å². The molecule has 0 radical (unpaired) electrons. The number of likely N-dealkylation sites (tertiary alicyclic amines) is 1. The van der Waals surface area contributed by atoms with Gasteiger partial charge < -0.3 is 9.80 Å². The normalized spacial score (nSPS) is 30.1. The molecule has 2 atom stereocenters. The number of benzene rings is 1. The van der Waals surface area contributed by atoms with E-state index in [0.717, 1.165) is 50.6 Å². The van der Waals surface area contributed by atoms with Gasteiger partial charge in [0.15, 0.2) is 0 Å². The van der Waals surface area contributed by atoms with Gasteiger partial charge in [-0.25, -0.2) is 0 Å². The van der Waals surface area contributed by atoms with E-state index in [2.05, 4.69) is 46.7 Å². The van der Waals surface area contributed by atoms with Crippen molar-refractivity contribution in [3.05, 3.63) is 23.8 Å². The van der Waals surface area contributed by atoms with Crippen LogP contribution >= 0.6 is 0 Å². The molecule has 158 valence electrons. The molecule has 4 aliphatic rings. The third kappa shape index (κ3) is 3.37. The number of carbonyl (C=O) groups excluding carboxylic acids is 1. The molecule has 1 saturated carbocycles. The molecule has 3 aliphatic heterocycles. The quantitative estimate of drug-likeness (QED) is 0.739. The van der Waals surface area contributed by atoms with Gasteiger partial charge in [0.1, 0.15) is 0 Å². The largest absolute Gasteiger partial charge is 0.370 e. The Morgan fingerprint density at radius 3 is 2.52 bits per heavy atom. The van der Waals surface area contributed by atoms with Crippen LogP contribution in [0.1, 0.15) is 70.3 Å². The van der Waals surface area contributed by atoms with Crippen molar-refractivity contribution in [1.82, 2.24) is 4.90 Å². The summed E-state index contributed by atoms with van der Waals surface area (Å²) in [5.41, 5.74) is 3.68. The second kappa shape index (κ2) is 7.61. The molecule has 1 spiro atoms. The Morgan fingerprint density at radius 2 is 1.79 bits per heavy atom. The minimum atomic E-state index is -0.0437. The number of carbonyl (C=O) groups is 1. The Kier molecular flexibility index (Phi) is 5.09. The standard InChI is InChI=1S/C25H37N3O/c1-19-17-21(26-15-10-22(18-26)27-14-6-7-20(27)2)8-9-23(19)28-16-13-25(24(28)29)11-4-3-5-12-25/h8-9,17,20,22H,3-7,10-16,18H2,1-2H3/t20-,22?/m0/s1. The van der Waals surface area contributed by atoms with Gasteiger partial charge in [0.2, 0.25) is 5.91 Å². The van der Waals surface area contributed by atoms with E-state index in [4.69, 9.17) is 0 Å². The Balaban J connectivity index is 1.29. The maximum atomic E-state index is 13.3. The SMILES string of the molecule is Cc1cc(N2CCC(N3CCC[C@@H]3C)C2)ccc1N1CCC2(CCCCC2)C1=O. The van der Waals surface area contributed by atoms with Gasteiger partial charge in [0, 0.05) is 43.1 Å². The lowest BCUT2D eigenvalue weighted by molar-refractivity contribution is -0.127. The topological polar surface area (TPSA) is 26.8 Å². The van der Waals surface area contributed by atoms with Gasteiger partial charge in [0.25, 0.3) is 0 Å². The first-order chi connectivity index (χ1) is 14.1. The molecule has 1 aromatic rings. The van der Waals surface area contributed by atoms with Crippen LogP contribution < -0.4 is 9.80 Å². The lowest BCUT2D eigenvalue weighted by atomic mass is 9.73. The first-order valence-corrected chi connectivity index (χ1v) is 12.0. The number of amides is 1. The number of anilines is 2. The van der Waals surface area contributed by atoms with Gasteiger partial charge in [-0.2, -0.15) is 0 Å². The molecule has 4 fully saturated rings. The van der Waals surface area contributed by atoms with Crippen molar-refractivity contribution in [2.45, 2.75) is 83.7 Å². The van der Waals surface area contributed by atoms with E-state index < -0.39 is 0 Å². The third-order valence-corrected chi connectivity index (χ3v) is 8.40. The molecule has 1 amide bonds. The molecular weight excluding hydrogens is 358 g/mol. The number of hydrogen-bond donors (Lipinski definition) is 0. The molecule has 0 aromatic heterocycles. The van der Waals surface area contributed by atoms with Crippen LogP contribution in [-0.4, -0.2) is 49.1 Å². The highest BCUT2D eigenvalue weighted by Crippen LogP contribution is 2.46. The molecule has 1 aromatic carbocycles. The molecule has 3 saturated heterocycles. The average Bonchev–Trinajstić information content (AvgIpc) is 3.44. The summed E-state index contributed by atoms with van der Waals surface area (Å²) in [5.74, 6) is 0.400. The van der Waals surface area contributed by atoms with Crippen LogP contribution in [-0.2, 0) is 4.79 Å². The predicted octanol–water partition coefficient (Wildman–Crippen LogP) is 4.75. The van der Waals surface area contributed by atoms with Crippen molar-refractivity contribution in [1.29, 1.82) is 0 Å². The Morgan fingerprint density at radius 1 is 0.966 bits per heavy atom. The van der Waals surface area contributed by atoms with Crippen molar-refractivity contribution < 1.29 is 4.79 Å². The molecule has 4 nitrogen and oxygen atoms in total. The van der Waals surface area contributed by atoms with Crippen molar-refractivity contribution in [3.8, 4) is 0 Å². The summed E-state index contributed by atoms with van der Waals surface area (Å²) >= 11 is 0. The van der Waals surface area contributed by atoms with Crippen LogP contribution in [0.5, 0.6) is 0 Å². The van der Waals surface area contributed by atoms with E-state index in [9.17, 15) is 4.79 Å². The van der Waals surface area contributed by atoms with Crippen LogP contribution in [0.4, 0.5) is 11.4 Å². The fourth-order valence-corrected chi connectivity index (χ4v) is 6.63. The van der Waals surface area contributed by atoms with Crippen molar-refractivity contribution in [3.63, 3.8) is 0 Å². The van der Waals surface area contributed by atoms with E-state index in [0.29, 0.717) is 11.9 Å². The maximum absolute atomic E-state index is 13.3. The zero-order valence-corrected chi connectivity index (χ0v) is 18.3. The smallest absolute Gasteiger partial charge is 0.233 e. The highest BCUT2D eigenvalue weighted by Gasteiger charge is 2.47. The van der Waals surface area contributed by atoms with Crippen molar-refractivity contribution >= 4 is 17.3 Å². The highest BCUT2D eigenvalue weighted by molar-refractivity contribution is 6.00. The van der Waals surface area contributed by atoms with E-state index in [-0.39, 0.29) is 5.41 Å². The van der Waals surface area contributed by atoms with Crippen LogP contribution in [0.3, 0.4) is 0 Å². The van der Waals surface area contributed by atoms with Crippen molar-refractivity contribution in [2.24, 2.45) is 5.41 Å². The molecule has 5 rings (SSSR count). The maximum Gasteiger partial charge on any atom is 0.233 e. The first-order valence-electron chi connectivity index (χ1n) is 12.0. The minimum Gasteiger partial charge on any atom is -0.370 e. The van der Waals surface area contributed by atoms with Crippen LogP contribution in [0, 0.1) is 12.3 Å². The van der Waals surface area contributed by atoms with Gasteiger partial charge in [-0.05, 0) is 82.7 Å². The van der Waals surface area contributed by atoms with Crippen LogP contribution in [0.2, 0.25) is 0 Å². The summed E-state index contributed by atoms with van der Waals surface area (Å²) in [6, 6.07) is 8.26. The number of aryl methyl sites for hydroxylation is 1. The zero-order chi connectivity index (χ0) is 20.0. The Bertz CT molecular complexity index is 769. The number of hydrogen-bond acceptors (Lipinski definition) is 3. The molecular formula is C25H37N3O. The fraction of sp³-hybridized carbons (Fsp3) is 0.720. The molecule has 1 unspecified atom stereocenters. The summed E-state index contributed by atoms with van der Waals surface area (Å²) in [7, 11) is 0. The molecule has 29 heavy (non-hydrogen) atoms. The number of nitrogens with zero attached hydrogens (tertiary/aromatic N) is 3. The number of rotatable bonds is 3. The van der Waals surface area contributed by atoms with Crippen molar-refractivity contribution in [2.75, 3.05) is 36.0 Å². The fourth-order valence-electron chi connectivity index (χ4n) is 6.63. The van der Waals surface area contributed by atoms with Gasteiger partial charge in [0.05, 0.1) is 5.41 Å². The second-order valence-electron chi connectivity index (χ2n) is 10.1. The minimum absolute atomic E-state index is 0.0437. The summed E-state index contributed by atoms with van der Waals surface area (Å²) in [6.45, 7) is 9.05. The third-order valence-electron chi connectivity index (χ3n) is 8.40. The van der Waals surface area contributed by atoms with E-state index in [1.807, 2.05) is 0 Å². The van der Waals surface area contributed by atoms with Gasteiger partial charge in [-0.3, -0.25) is 9.69 Å². The van der Waals surface area contributed by atoms with Crippen LogP contribution in [0.25, 0.3) is 0 Å². The van der Waals surface area contributed by atoms with Gasteiger partial charge >= 0.3 is 0 Å². The molecule has 1 aliphatic carbocycles. The lowest BCUT2D eigenvalue weighted by Gasteiger charge is -2.32. The van der Waals surface area contributed by atoms with Crippen LogP contribution in [0.15, 0.2) is 18.2 Å². The second-order valence-corrected chi connectivity index (χ2v) is 10.1. The van der Waals surface area contributed by atoms with Gasteiger partial charge in [-0.1, -0.05) is 19.3 Å². The van der Waals surface area contributed by atoms with Gasteiger partial charge in [-0.15, -0.1) is 0 Å². The Hall–Kier alpha value is -1.55. The van der Waals surface area contributed by atoms with E-state index >= 15 is 0 Å². The summed E-state index contributed by atoms with van der Waals surface area (Å²) in [6.07, 6.45) is 11.0. The van der Waals surface area contributed by atoms with E-state index in [1.54, 1.807) is 0 Å². The average molecular weight is 396 g/mol. The zero-order valence-electron chi connectivity index (χ0n) is 18.3. The highest BCUT2D eigenvalue weighted by atomic mass is 16.2. The monoisotopic (exact) mass is 395 g/mol. The van der Waals surface area contributed by atoms with E-state index in [1.165, 1.54) is 56.3 Å². The molecule has 0 N–H and O–H groups in total. The first kappa shape index (κ1) is 19.4. The molecule has 3 heterocycles. The summed E-state index contributed by atoms with van der Waals surface area (Å²) < 4.78 is 0. The predicted molar refractivity (Wildman–Crippen MR) is 120 cm³/mol. The summed E-state index contributed by atoms with van der Waals surface area (Å²) in [4.78, 5) is 20.7. The summed E-state index contributed by atoms with van der Waals surface area (Å²) in [5, 5.41) is 0. The lowest BCUT2D eigenvalue weighted by Crippen LogP contribution is -2.39.